The Bertz CT molecular complexity index is 884. The Hall–Kier alpha value is -1.76. The SMILES string of the molecule is O=C(O)C1CCN(C(c2ccc(Br)cc2)c2nc3ccccc3s2)CC1. The van der Waals surface area contributed by atoms with Gasteiger partial charge in [-0.05, 0) is 55.8 Å². The maximum atomic E-state index is 11.3. The number of rotatable bonds is 4. The summed E-state index contributed by atoms with van der Waals surface area (Å²) >= 11 is 5.23. The third-order valence-corrected chi connectivity index (χ3v) is 6.59. The van der Waals surface area contributed by atoms with Crippen molar-refractivity contribution in [3.63, 3.8) is 0 Å². The van der Waals surface area contributed by atoms with Crippen molar-refractivity contribution in [1.82, 2.24) is 9.88 Å². The van der Waals surface area contributed by atoms with E-state index < -0.39 is 5.97 Å². The molecule has 1 N–H and O–H groups in total. The molecule has 1 aromatic heterocycles. The predicted molar refractivity (Wildman–Crippen MR) is 108 cm³/mol. The van der Waals surface area contributed by atoms with Gasteiger partial charge in [0.25, 0.3) is 0 Å². The van der Waals surface area contributed by atoms with Crippen LogP contribution in [-0.2, 0) is 4.79 Å². The molecule has 0 saturated carbocycles. The van der Waals surface area contributed by atoms with Crippen LogP contribution in [0.1, 0.15) is 29.5 Å². The highest BCUT2D eigenvalue weighted by Gasteiger charge is 2.31. The number of para-hydroxylation sites is 1. The number of hydrogen-bond donors (Lipinski definition) is 1. The lowest BCUT2D eigenvalue weighted by atomic mass is 9.94. The minimum Gasteiger partial charge on any atom is -0.481 e. The monoisotopic (exact) mass is 430 g/mol. The quantitative estimate of drug-likeness (QED) is 0.636. The van der Waals surface area contributed by atoms with E-state index in [0.717, 1.165) is 28.1 Å². The molecule has 0 radical (unpaired) electrons. The van der Waals surface area contributed by atoms with Crippen molar-refractivity contribution in [3.05, 3.63) is 63.6 Å². The molecule has 0 aliphatic carbocycles. The highest BCUT2D eigenvalue weighted by atomic mass is 79.9. The van der Waals surface area contributed by atoms with Gasteiger partial charge in [-0.25, -0.2) is 4.98 Å². The Kier molecular flexibility index (Phi) is 5.07. The van der Waals surface area contributed by atoms with Crippen LogP contribution in [0.25, 0.3) is 10.2 Å². The van der Waals surface area contributed by atoms with E-state index in [2.05, 4.69) is 51.2 Å². The highest BCUT2D eigenvalue weighted by molar-refractivity contribution is 9.10. The van der Waals surface area contributed by atoms with Crippen LogP contribution in [0.5, 0.6) is 0 Å². The minimum absolute atomic E-state index is 0.0650. The fourth-order valence-corrected chi connectivity index (χ4v) is 4.96. The molecule has 1 aliphatic heterocycles. The fraction of sp³-hybridized carbons (Fsp3) is 0.300. The normalized spacial score (nSPS) is 17.4. The number of carbonyl (C=O) groups is 1. The molecule has 4 rings (SSSR count). The summed E-state index contributed by atoms with van der Waals surface area (Å²) in [7, 11) is 0. The summed E-state index contributed by atoms with van der Waals surface area (Å²) in [5.41, 5.74) is 2.22. The van der Waals surface area contributed by atoms with Gasteiger partial charge in [-0.15, -0.1) is 11.3 Å². The summed E-state index contributed by atoms with van der Waals surface area (Å²) in [5, 5.41) is 10.4. The molecule has 134 valence electrons. The van der Waals surface area contributed by atoms with Crippen LogP contribution < -0.4 is 0 Å². The molecule has 4 nitrogen and oxygen atoms in total. The first kappa shape index (κ1) is 17.6. The molecule has 6 heteroatoms. The summed E-state index contributed by atoms with van der Waals surface area (Å²) in [6, 6.07) is 16.6. The Morgan fingerprint density at radius 1 is 1.15 bits per heavy atom. The number of carboxylic acids is 1. The Morgan fingerprint density at radius 2 is 1.85 bits per heavy atom. The van der Waals surface area contributed by atoms with Gasteiger partial charge < -0.3 is 5.11 Å². The van der Waals surface area contributed by atoms with Gasteiger partial charge in [-0.2, -0.15) is 0 Å². The van der Waals surface area contributed by atoms with E-state index in [1.165, 1.54) is 10.3 Å². The summed E-state index contributed by atoms with van der Waals surface area (Å²) in [4.78, 5) is 18.6. The van der Waals surface area contributed by atoms with E-state index in [9.17, 15) is 9.90 Å². The van der Waals surface area contributed by atoms with Crippen LogP contribution in [0.3, 0.4) is 0 Å². The molecular formula is C20H19BrN2O2S. The first-order chi connectivity index (χ1) is 12.6. The van der Waals surface area contributed by atoms with Crippen LogP contribution in [-0.4, -0.2) is 34.0 Å². The van der Waals surface area contributed by atoms with Crippen LogP contribution in [0.15, 0.2) is 53.0 Å². The van der Waals surface area contributed by atoms with Crippen molar-refractivity contribution in [2.75, 3.05) is 13.1 Å². The third kappa shape index (κ3) is 3.54. The van der Waals surface area contributed by atoms with E-state index in [4.69, 9.17) is 4.98 Å². The second-order valence-corrected chi connectivity index (χ2v) is 8.60. The first-order valence-electron chi connectivity index (χ1n) is 8.69. The number of hydrogen-bond acceptors (Lipinski definition) is 4. The molecule has 1 saturated heterocycles. The van der Waals surface area contributed by atoms with Crippen molar-refractivity contribution in [2.24, 2.45) is 5.92 Å². The van der Waals surface area contributed by atoms with Crippen molar-refractivity contribution in [1.29, 1.82) is 0 Å². The zero-order chi connectivity index (χ0) is 18.1. The average molecular weight is 431 g/mol. The van der Waals surface area contributed by atoms with Gasteiger partial charge in [0, 0.05) is 4.47 Å². The van der Waals surface area contributed by atoms with E-state index in [-0.39, 0.29) is 12.0 Å². The molecule has 3 aromatic rings. The van der Waals surface area contributed by atoms with Gasteiger partial charge in [0.15, 0.2) is 0 Å². The average Bonchev–Trinajstić information content (AvgIpc) is 3.07. The number of likely N-dealkylation sites (tertiary alicyclic amines) is 1. The lowest BCUT2D eigenvalue weighted by Gasteiger charge is -2.35. The maximum Gasteiger partial charge on any atom is 0.306 e. The smallest absolute Gasteiger partial charge is 0.306 e. The van der Waals surface area contributed by atoms with Crippen LogP contribution in [0.4, 0.5) is 0 Å². The predicted octanol–water partition coefficient (Wildman–Crippen LogP) is 4.94. The van der Waals surface area contributed by atoms with E-state index in [0.29, 0.717) is 12.8 Å². The number of carboxylic acid groups (broad SMARTS) is 1. The Labute approximate surface area is 164 Å². The summed E-state index contributed by atoms with van der Waals surface area (Å²) in [6.07, 6.45) is 1.38. The van der Waals surface area contributed by atoms with Gasteiger partial charge in [-0.3, -0.25) is 9.69 Å². The molecule has 0 bridgehead atoms. The van der Waals surface area contributed by atoms with Gasteiger partial charge in [0.05, 0.1) is 22.2 Å². The van der Waals surface area contributed by atoms with Crippen molar-refractivity contribution >= 4 is 43.5 Å². The molecule has 2 aromatic carbocycles. The standard InChI is InChI=1S/C20H19BrN2O2S/c21-15-7-5-13(6-8-15)18(23-11-9-14(10-12-23)20(24)25)19-22-16-3-1-2-4-17(16)26-19/h1-8,14,18H,9-12H2,(H,24,25). The number of aromatic nitrogens is 1. The molecule has 1 atom stereocenters. The van der Waals surface area contributed by atoms with Gasteiger partial charge in [-0.1, -0.05) is 40.2 Å². The minimum atomic E-state index is -0.676. The lowest BCUT2D eigenvalue weighted by Crippen LogP contribution is -2.39. The van der Waals surface area contributed by atoms with E-state index in [1.54, 1.807) is 11.3 Å². The van der Waals surface area contributed by atoms with Crippen molar-refractivity contribution in [3.8, 4) is 0 Å². The second kappa shape index (κ2) is 7.47. The molecule has 2 heterocycles. The van der Waals surface area contributed by atoms with Crippen LogP contribution >= 0.6 is 27.3 Å². The molecule has 1 unspecified atom stereocenters. The highest BCUT2D eigenvalue weighted by Crippen LogP contribution is 2.36. The van der Waals surface area contributed by atoms with E-state index in [1.807, 2.05) is 18.2 Å². The number of benzene rings is 2. The number of aliphatic carboxylic acids is 1. The number of piperidine rings is 1. The summed E-state index contributed by atoms with van der Waals surface area (Å²) < 4.78 is 2.24. The number of thiazole rings is 1. The zero-order valence-corrected chi connectivity index (χ0v) is 16.5. The molecular weight excluding hydrogens is 412 g/mol. The number of nitrogens with zero attached hydrogens (tertiary/aromatic N) is 2. The largest absolute Gasteiger partial charge is 0.481 e. The Balaban J connectivity index is 1.70. The molecule has 0 amide bonds. The van der Waals surface area contributed by atoms with Gasteiger partial charge >= 0.3 is 5.97 Å². The third-order valence-electron chi connectivity index (χ3n) is 4.97. The van der Waals surface area contributed by atoms with Gasteiger partial charge in [0.1, 0.15) is 5.01 Å². The molecule has 0 spiro atoms. The molecule has 1 fully saturated rings. The maximum absolute atomic E-state index is 11.3. The summed E-state index contributed by atoms with van der Waals surface area (Å²) in [5.74, 6) is -0.906. The zero-order valence-electron chi connectivity index (χ0n) is 14.1. The lowest BCUT2D eigenvalue weighted by molar-refractivity contribution is -0.143. The number of halogens is 1. The number of fused-ring (bicyclic) bond motifs is 1. The van der Waals surface area contributed by atoms with Crippen molar-refractivity contribution in [2.45, 2.75) is 18.9 Å². The topological polar surface area (TPSA) is 53.4 Å². The first-order valence-corrected chi connectivity index (χ1v) is 10.3. The van der Waals surface area contributed by atoms with Crippen LogP contribution in [0.2, 0.25) is 0 Å². The van der Waals surface area contributed by atoms with E-state index >= 15 is 0 Å². The molecule has 26 heavy (non-hydrogen) atoms. The van der Waals surface area contributed by atoms with Crippen molar-refractivity contribution < 1.29 is 9.90 Å². The second-order valence-electron chi connectivity index (χ2n) is 6.62. The van der Waals surface area contributed by atoms with Crippen LogP contribution in [0, 0.1) is 5.92 Å². The van der Waals surface area contributed by atoms with Gasteiger partial charge in [0.2, 0.25) is 0 Å². The Morgan fingerprint density at radius 3 is 2.50 bits per heavy atom. The summed E-state index contributed by atoms with van der Waals surface area (Å²) in [6.45, 7) is 1.54. The molecule has 1 aliphatic rings. The fourth-order valence-electron chi connectivity index (χ4n) is 3.57.